The van der Waals surface area contributed by atoms with Crippen molar-refractivity contribution in [1.82, 2.24) is 9.62 Å². The molecule has 0 saturated carbocycles. The van der Waals surface area contributed by atoms with Crippen molar-refractivity contribution in [3.63, 3.8) is 0 Å². The molecule has 1 heterocycles. The van der Waals surface area contributed by atoms with Crippen molar-refractivity contribution < 1.29 is 22.7 Å². The number of hydrogen-bond acceptors (Lipinski definition) is 5. The van der Waals surface area contributed by atoms with E-state index < -0.39 is 28.6 Å². The molecule has 1 atom stereocenters. The molecular weight excluding hydrogens is 574 g/mol. The number of benzene rings is 4. The molecule has 0 bridgehead atoms. The third-order valence-electron chi connectivity index (χ3n) is 7.68. The number of nitrogens with zero attached hydrogens (tertiary/aromatic N) is 2. The van der Waals surface area contributed by atoms with Crippen molar-refractivity contribution in [3.8, 4) is 5.75 Å². The topological polar surface area (TPSA) is 96.0 Å². The van der Waals surface area contributed by atoms with Crippen molar-refractivity contribution in [2.45, 2.75) is 44.7 Å². The highest BCUT2D eigenvalue weighted by Gasteiger charge is 2.36. The van der Waals surface area contributed by atoms with E-state index in [1.807, 2.05) is 79.7 Å². The second-order valence-corrected chi connectivity index (χ2v) is 13.0. The van der Waals surface area contributed by atoms with E-state index in [0.29, 0.717) is 35.5 Å². The quantitative estimate of drug-likeness (QED) is 0.274. The second kappa shape index (κ2) is 13.4. The van der Waals surface area contributed by atoms with E-state index in [0.717, 1.165) is 16.7 Å². The maximum Gasteiger partial charge on any atom is 0.263 e. The number of sulfonamides is 1. The molecule has 0 spiro atoms. The molecule has 4 aromatic rings. The lowest BCUT2D eigenvalue weighted by molar-refractivity contribution is -0.128. The first-order valence-electron chi connectivity index (χ1n) is 14.6. The minimum absolute atomic E-state index is 0.0500. The van der Waals surface area contributed by atoms with Crippen molar-refractivity contribution in [3.05, 3.63) is 125 Å². The highest BCUT2D eigenvalue weighted by Crippen LogP contribution is 2.34. The van der Waals surface area contributed by atoms with Crippen LogP contribution in [0.5, 0.6) is 5.75 Å². The SMILES string of the molecule is Cc1cc(C)c(S(=O)(=O)N(CCc2ccccc2)CC(=O)N2C[C@@H](C(=O)NCc3ccccc3)Oc3ccccc32)c(C)c1. The number of rotatable bonds is 10. The molecule has 0 fully saturated rings. The van der Waals surface area contributed by atoms with Crippen LogP contribution < -0.4 is 15.0 Å². The molecule has 0 aliphatic carbocycles. The van der Waals surface area contributed by atoms with Crippen LogP contribution in [-0.2, 0) is 32.6 Å². The van der Waals surface area contributed by atoms with E-state index in [9.17, 15) is 18.0 Å². The van der Waals surface area contributed by atoms with Crippen LogP contribution in [0.25, 0.3) is 0 Å². The maximum absolute atomic E-state index is 14.2. The number of hydrogen-bond donors (Lipinski definition) is 1. The molecule has 2 amide bonds. The Kier molecular flexibility index (Phi) is 9.46. The summed E-state index contributed by atoms with van der Waals surface area (Å²) in [5, 5.41) is 2.89. The molecule has 0 radical (unpaired) electrons. The zero-order chi connectivity index (χ0) is 31.3. The summed E-state index contributed by atoms with van der Waals surface area (Å²) in [5.74, 6) is -0.419. The van der Waals surface area contributed by atoms with E-state index in [-0.39, 0.29) is 23.9 Å². The fraction of sp³-hybridized carbons (Fsp3) is 0.257. The van der Waals surface area contributed by atoms with Gasteiger partial charge in [0.25, 0.3) is 5.91 Å². The highest BCUT2D eigenvalue weighted by atomic mass is 32.2. The summed E-state index contributed by atoms with van der Waals surface area (Å²) in [6.07, 6.45) is -0.532. The van der Waals surface area contributed by atoms with Crippen LogP contribution in [0, 0.1) is 20.8 Å². The van der Waals surface area contributed by atoms with Crippen LogP contribution in [0.3, 0.4) is 0 Å². The van der Waals surface area contributed by atoms with E-state index in [2.05, 4.69) is 5.32 Å². The fourth-order valence-electron chi connectivity index (χ4n) is 5.63. The Hall–Kier alpha value is -4.47. The lowest BCUT2D eigenvalue weighted by atomic mass is 10.1. The first-order chi connectivity index (χ1) is 21.1. The number of carbonyl (C=O) groups excluding carboxylic acids is 2. The van der Waals surface area contributed by atoms with Crippen LogP contribution in [0.4, 0.5) is 5.69 Å². The molecule has 44 heavy (non-hydrogen) atoms. The predicted octanol–water partition coefficient (Wildman–Crippen LogP) is 4.96. The third-order valence-corrected chi connectivity index (χ3v) is 9.83. The number of anilines is 1. The summed E-state index contributed by atoms with van der Waals surface area (Å²) in [4.78, 5) is 28.9. The minimum Gasteiger partial charge on any atom is -0.477 e. The van der Waals surface area contributed by atoms with Gasteiger partial charge in [-0.15, -0.1) is 0 Å². The third kappa shape index (κ3) is 7.01. The van der Waals surface area contributed by atoms with Gasteiger partial charge in [-0.2, -0.15) is 4.31 Å². The summed E-state index contributed by atoms with van der Waals surface area (Å²) in [5.41, 5.74) is 4.62. The van der Waals surface area contributed by atoms with Gasteiger partial charge in [0.1, 0.15) is 5.75 Å². The summed E-state index contributed by atoms with van der Waals surface area (Å²) in [6, 6.07) is 29.8. The molecular formula is C35H37N3O5S. The van der Waals surface area contributed by atoms with Crippen molar-refractivity contribution in [1.29, 1.82) is 0 Å². The van der Waals surface area contributed by atoms with Crippen molar-refractivity contribution >= 4 is 27.5 Å². The van der Waals surface area contributed by atoms with Gasteiger partial charge in [-0.1, -0.05) is 90.5 Å². The Morgan fingerprint density at radius 2 is 1.45 bits per heavy atom. The molecule has 8 nitrogen and oxygen atoms in total. The summed E-state index contributed by atoms with van der Waals surface area (Å²) in [7, 11) is -4.05. The largest absolute Gasteiger partial charge is 0.477 e. The predicted molar refractivity (Wildman–Crippen MR) is 171 cm³/mol. The molecule has 0 unspecified atom stereocenters. The van der Waals surface area contributed by atoms with Gasteiger partial charge in [0.05, 0.1) is 23.7 Å². The number of fused-ring (bicyclic) bond motifs is 1. The van der Waals surface area contributed by atoms with Crippen molar-refractivity contribution in [2.75, 3.05) is 24.5 Å². The summed E-state index contributed by atoms with van der Waals surface area (Å²) in [6.45, 7) is 5.46. The van der Waals surface area contributed by atoms with Gasteiger partial charge >= 0.3 is 0 Å². The first kappa shape index (κ1) is 31.0. The van der Waals surface area contributed by atoms with Gasteiger partial charge in [-0.25, -0.2) is 8.42 Å². The Morgan fingerprint density at radius 1 is 0.864 bits per heavy atom. The second-order valence-electron chi connectivity index (χ2n) is 11.1. The Labute approximate surface area is 259 Å². The molecule has 4 aromatic carbocycles. The van der Waals surface area contributed by atoms with Crippen LogP contribution >= 0.6 is 0 Å². The highest BCUT2D eigenvalue weighted by molar-refractivity contribution is 7.89. The van der Waals surface area contributed by atoms with Gasteiger partial charge < -0.3 is 15.0 Å². The monoisotopic (exact) mass is 611 g/mol. The van der Waals surface area contributed by atoms with Gasteiger partial charge in [-0.05, 0) is 61.6 Å². The Bertz CT molecular complexity index is 1720. The first-order valence-corrected chi connectivity index (χ1v) is 16.1. The average molecular weight is 612 g/mol. The fourth-order valence-corrected chi connectivity index (χ4v) is 7.43. The van der Waals surface area contributed by atoms with E-state index in [1.54, 1.807) is 38.1 Å². The molecule has 1 N–H and O–H groups in total. The van der Waals surface area contributed by atoms with Gasteiger partial charge in [0, 0.05) is 13.1 Å². The molecule has 9 heteroatoms. The Morgan fingerprint density at radius 3 is 2.11 bits per heavy atom. The summed E-state index contributed by atoms with van der Waals surface area (Å²) >= 11 is 0. The number of nitrogens with one attached hydrogen (secondary N) is 1. The zero-order valence-corrected chi connectivity index (χ0v) is 26.0. The van der Waals surface area contributed by atoms with E-state index >= 15 is 0 Å². The minimum atomic E-state index is -4.05. The van der Waals surface area contributed by atoms with E-state index in [4.69, 9.17) is 4.74 Å². The summed E-state index contributed by atoms with van der Waals surface area (Å²) < 4.78 is 35.7. The molecule has 228 valence electrons. The molecule has 5 rings (SSSR count). The standard InChI is InChI=1S/C35H37N3O5S/c1-25-20-26(2)34(27(3)21-25)44(41,42)37(19-18-28-12-6-4-7-13-28)24-33(39)38-23-32(43-31-17-11-10-16-30(31)38)35(40)36-22-29-14-8-5-9-15-29/h4-17,20-21,32H,18-19,22-24H2,1-3H3,(H,36,40)/t32-/m0/s1. The average Bonchev–Trinajstić information content (AvgIpc) is 3.01. The number of para-hydroxylation sites is 2. The number of carbonyl (C=O) groups is 2. The zero-order valence-electron chi connectivity index (χ0n) is 25.2. The van der Waals surface area contributed by atoms with Crippen LogP contribution in [0.2, 0.25) is 0 Å². The normalized spacial score (nSPS) is 14.5. The lowest BCUT2D eigenvalue weighted by Gasteiger charge is -2.35. The molecule has 1 aliphatic rings. The van der Waals surface area contributed by atoms with E-state index in [1.165, 1.54) is 9.21 Å². The maximum atomic E-state index is 14.2. The Balaban J connectivity index is 1.42. The molecule has 0 saturated heterocycles. The van der Waals surface area contributed by atoms with Crippen LogP contribution in [-0.4, -0.2) is 50.3 Å². The van der Waals surface area contributed by atoms with Gasteiger partial charge in [0.2, 0.25) is 15.9 Å². The molecule has 1 aliphatic heterocycles. The number of ether oxygens (including phenoxy) is 1. The van der Waals surface area contributed by atoms with Crippen LogP contribution in [0.1, 0.15) is 27.8 Å². The van der Waals surface area contributed by atoms with Gasteiger partial charge in [0.15, 0.2) is 6.10 Å². The molecule has 0 aromatic heterocycles. The number of amides is 2. The van der Waals surface area contributed by atoms with Gasteiger partial charge in [-0.3, -0.25) is 9.59 Å². The van der Waals surface area contributed by atoms with Crippen LogP contribution in [0.15, 0.2) is 102 Å². The lowest BCUT2D eigenvalue weighted by Crippen LogP contribution is -2.53. The van der Waals surface area contributed by atoms with Crippen molar-refractivity contribution in [2.24, 2.45) is 0 Å². The smallest absolute Gasteiger partial charge is 0.263 e. The number of aryl methyl sites for hydroxylation is 3.